The van der Waals surface area contributed by atoms with Crippen LogP contribution in [0.4, 0.5) is 5.69 Å². The van der Waals surface area contributed by atoms with Crippen LogP contribution in [0.3, 0.4) is 0 Å². The number of amides is 1. The maximum atomic E-state index is 13.1. The molecule has 0 saturated heterocycles. The number of carbonyl (C=O) groups is 1. The summed E-state index contributed by atoms with van der Waals surface area (Å²) in [4.78, 5) is 27.9. The average molecular weight is 431 g/mol. The first-order valence-electron chi connectivity index (χ1n) is 9.26. The molecule has 0 unspecified atom stereocenters. The van der Waals surface area contributed by atoms with Gasteiger partial charge < -0.3 is 0 Å². The van der Waals surface area contributed by atoms with Crippen LogP contribution >= 0.6 is 11.6 Å². The molecule has 7 nitrogen and oxygen atoms in total. The number of amidine groups is 1. The molecule has 0 atom stereocenters. The highest BCUT2D eigenvalue weighted by Crippen LogP contribution is 2.24. The SMILES string of the molecule is O=C1/C(=C\c2ccc([N+](=O)[O-])cc2)N=C(c2ccccc2)N1/N=C/c1ccccc1Cl. The molecule has 1 heterocycles. The van der Waals surface area contributed by atoms with Crippen molar-refractivity contribution >= 4 is 41.3 Å². The van der Waals surface area contributed by atoms with Crippen LogP contribution in [0.1, 0.15) is 16.7 Å². The van der Waals surface area contributed by atoms with Gasteiger partial charge in [0.25, 0.3) is 11.6 Å². The number of carbonyl (C=O) groups excluding carboxylic acids is 1. The van der Waals surface area contributed by atoms with Crippen LogP contribution in [0.25, 0.3) is 6.08 Å². The van der Waals surface area contributed by atoms with Gasteiger partial charge in [-0.15, -0.1) is 0 Å². The molecule has 1 amide bonds. The van der Waals surface area contributed by atoms with E-state index >= 15 is 0 Å². The van der Waals surface area contributed by atoms with Crippen molar-refractivity contribution in [3.05, 3.63) is 116 Å². The predicted molar refractivity (Wildman–Crippen MR) is 120 cm³/mol. The second-order valence-corrected chi connectivity index (χ2v) is 6.97. The highest BCUT2D eigenvalue weighted by molar-refractivity contribution is 6.33. The number of nitro groups is 1. The second kappa shape index (κ2) is 8.73. The number of non-ortho nitro benzene ring substituents is 1. The fourth-order valence-electron chi connectivity index (χ4n) is 2.94. The first kappa shape index (κ1) is 20.2. The molecule has 0 aromatic heterocycles. The molecule has 8 heteroatoms. The number of hydrazone groups is 1. The normalized spacial score (nSPS) is 15.0. The van der Waals surface area contributed by atoms with Gasteiger partial charge in [0.1, 0.15) is 5.70 Å². The van der Waals surface area contributed by atoms with Crippen LogP contribution in [-0.4, -0.2) is 27.9 Å². The maximum Gasteiger partial charge on any atom is 0.298 e. The lowest BCUT2D eigenvalue weighted by molar-refractivity contribution is -0.384. The largest absolute Gasteiger partial charge is 0.298 e. The van der Waals surface area contributed by atoms with Crippen molar-refractivity contribution in [2.75, 3.05) is 0 Å². The van der Waals surface area contributed by atoms with Crippen molar-refractivity contribution < 1.29 is 9.72 Å². The topological polar surface area (TPSA) is 88.2 Å². The number of benzene rings is 3. The summed E-state index contributed by atoms with van der Waals surface area (Å²) in [7, 11) is 0. The number of nitrogens with zero attached hydrogens (tertiary/aromatic N) is 4. The van der Waals surface area contributed by atoms with E-state index in [0.717, 1.165) is 5.56 Å². The highest BCUT2D eigenvalue weighted by atomic mass is 35.5. The third kappa shape index (κ3) is 4.41. The van der Waals surface area contributed by atoms with E-state index in [9.17, 15) is 14.9 Å². The van der Waals surface area contributed by atoms with Crippen molar-refractivity contribution in [2.24, 2.45) is 10.1 Å². The van der Waals surface area contributed by atoms with Gasteiger partial charge in [-0.2, -0.15) is 10.1 Å². The van der Waals surface area contributed by atoms with Gasteiger partial charge in [0.05, 0.1) is 11.1 Å². The van der Waals surface area contributed by atoms with Gasteiger partial charge in [0.15, 0.2) is 5.84 Å². The second-order valence-electron chi connectivity index (χ2n) is 6.56. The zero-order chi connectivity index (χ0) is 21.8. The highest BCUT2D eigenvalue weighted by Gasteiger charge is 2.31. The number of hydrogen-bond acceptors (Lipinski definition) is 5. The summed E-state index contributed by atoms with van der Waals surface area (Å²) in [6.45, 7) is 0. The predicted octanol–water partition coefficient (Wildman–Crippen LogP) is 4.91. The Balaban J connectivity index is 1.71. The lowest BCUT2D eigenvalue weighted by Gasteiger charge is -2.12. The van der Waals surface area contributed by atoms with Crippen LogP contribution in [0.2, 0.25) is 5.02 Å². The molecule has 0 bridgehead atoms. The Morgan fingerprint density at radius 2 is 1.65 bits per heavy atom. The van der Waals surface area contributed by atoms with Gasteiger partial charge in [0.2, 0.25) is 0 Å². The summed E-state index contributed by atoms with van der Waals surface area (Å²) < 4.78 is 0. The molecule has 0 aliphatic carbocycles. The molecule has 1 aliphatic heterocycles. The molecule has 4 rings (SSSR count). The summed E-state index contributed by atoms with van der Waals surface area (Å²) in [6, 6.07) is 22.3. The lowest BCUT2D eigenvalue weighted by atomic mass is 10.2. The van der Waals surface area contributed by atoms with E-state index in [1.54, 1.807) is 30.3 Å². The molecule has 0 N–H and O–H groups in total. The summed E-state index contributed by atoms with van der Waals surface area (Å²) in [5.74, 6) is -0.0393. The average Bonchev–Trinajstić information content (AvgIpc) is 3.09. The fraction of sp³-hybridized carbons (Fsp3) is 0. The van der Waals surface area contributed by atoms with E-state index in [2.05, 4.69) is 10.1 Å². The van der Waals surface area contributed by atoms with E-state index in [-0.39, 0.29) is 11.4 Å². The molecule has 3 aromatic rings. The van der Waals surface area contributed by atoms with Gasteiger partial charge in [-0.05, 0) is 29.8 Å². The van der Waals surface area contributed by atoms with Gasteiger partial charge in [-0.3, -0.25) is 14.9 Å². The van der Waals surface area contributed by atoms with Crippen molar-refractivity contribution in [2.45, 2.75) is 0 Å². The number of halogens is 1. The van der Waals surface area contributed by atoms with Crippen molar-refractivity contribution in [3.8, 4) is 0 Å². The van der Waals surface area contributed by atoms with Crippen LogP contribution < -0.4 is 0 Å². The first-order valence-corrected chi connectivity index (χ1v) is 9.64. The van der Waals surface area contributed by atoms with Crippen molar-refractivity contribution in [3.63, 3.8) is 0 Å². The summed E-state index contributed by atoms with van der Waals surface area (Å²) in [5, 5.41) is 16.9. The minimum atomic E-state index is -0.478. The molecular weight excluding hydrogens is 416 g/mol. The molecule has 0 radical (unpaired) electrons. The van der Waals surface area contributed by atoms with Crippen LogP contribution in [0.15, 0.2) is 94.7 Å². The standard InChI is InChI=1S/C23H15ClN4O3/c24-20-9-5-4-8-18(20)15-25-27-22(17-6-2-1-3-7-17)26-21(23(27)29)14-16-10-12-19(13-11-16)28(30)31/h1-15H/b21-14+,25-15+. The number of rotatable bonds is 5. The van der Waals surface area contributed by atoms with Gasteiger partial charge in [-0.25, -0.2) is 4.99 Å². The Bertz CT molecular complexity index is 1240. The molecule has 152 valence electrons. The molecule has 3 aromatic carbocycles. The van der Waals surface area contributed by atoms with Gasteiger partial charge >= 0.3 is 0 Å². The first-order chi connectivity index (χ1) is 15.0. The minimum absolute atomic E-state index is 0.0284. The number of nitro benzene ring substituents is 1. The maximum absolute atomic E-state index is 13.1. The number of hydrogen-bond donors (Lipinski definition) is 0. The zero-order valence-corrected chi connectivity index (χ0v) is 16.8. The van der Waals surface area contributed by atoms with Gasteiger partial charge in [0, 0.05) is 28.3 Å². The van der Waals surface area contributed by atoms with E-state index in [0.29, 0.717) is 22.0 Å². The lowest BCUT2D eigenvalue weighted by Crippen LogP contribution is -2.27. The van der Waals surface area contributed by atoms with Crippen molar-refractivity contribution in [1.29, 1.82) is 0 Å². The van der Waals surface area contributed by atoms with Crippen molar-refractivity contribution in [1.82, 2.24) is 5.01 Å². The quantitative estimate of drug-likeness (QED) is 0.249. The summed E-state index contributed by atoms with van der Waals surface area (Å²) in [5.41, 5.74) is 2.14. The van der Waals surface area contributed by atoms with E-state index in [4.69, 9.17) is 11.6 Å². The van der Waals surface area contributed by atoms with E-state index in [1.807, 2.05) is 42.5 Å². The molecule has 0 fully saturated rings. The number of aliphatic imine (C=N–C) groups is 1. The molecular formula is C23H15ClN4O3. The molecule has 31 heavy (non-hydrogen) atoms. The van der Waals surface area contributed by atoms with E-state index < -0.39 is 10.8 Å². The van der Waals surface area contributed by atoms with Crippen LogP contribution in [-0.2, 0) is 4.79 Å². The Labute approximate surface area is 182 Å². The minimum Gasteiger partial charge on any atom is -0.265 e. The summed E-state index contributed by atoms with van der Waals surface area (Å²) in [6.07, 6.45) is 3.08. The van der Waals surface area contributed by atoms with Gasteiger partial charge in [-0.1, -0.05) is 60.1 Å². The van der Waals surface area contributed by atoms with E-state index in [1.165, 1.54) is 23.4 Å². The monoisotopic (exact) mass is 430 g/mol. The Morgan fingerprint density at radius 3 is 2.32 bits per heavy atom. The molecule has 0 saturated carbocycles. The third-order valence-electron chi connectivity index (χ3n) is 4.50. The molecule has 1 aliphatic rings. The van der Waals surface area contributed by atoms with Crippen LogP contribution in [0, 0.1) is 10.1 Å². The Hall–Kier alpha value is -4.10. The smallest absolute Gasteiger partial charge is 0.265 e. The Morgan fingerprint density at radius 1 is 0.968 bits per heavy atom. The zero-order valence-electron chi connectivity index (χ0n) is 16.1. The fourth-order valence-corrected chi connectivity index (χ4v) is 3.12. The molecule has 0 spiro atoms. The van der Waals surface area contributed by atoms with Crippen LogP contribution in [0.5, 0.6) is 0 Å². The Kier molecular flexibility index (Phi) is 5.68. The third-order valence-corrected chi connectivity index (χ3v) is 4.84. The summed E-state index contributed by atoms with van der Waals surface area (Å²) >= 11 is 6.19.